The molecule has 0 amide bonds. The molecule has 1 aliphatic rings. The molecule has 2 rings (SSSR count). The van der Waals surface area contributed by atoms with Gasteiger partial charge in [0.1, 0.15) is 11.9 Å². The average Bonchev–Trinajstić information content (AvgIpc) is 2.46. The third kappa shape index (κ3) is 1.09. The van der Waals surface area contributed by atoms with Crippen LogP contribution < -0.4 is 4.74 Å². The lowest BCUT2D eigenvalue weighted by Crippen LogP contribution is -2.10. The maximum absolute atomic E-state index is 5.59. The first kappa shape index (κ1) is 6.65. The fourth-order valence-electron chi connectivity index (χ4n) is 1.38. The van der Waals surface area contributed by atoms with Gasteiger partial charge in [0.05, 0.1) is 6.20 Å². The molecule has 0 radical (unpaired) electrons. The number of nitrogens with zero attached hydrogens (tertiary/aromatic N) is 1. The molecule has 58 valence electrons. The van der Waals surface area contributed by atoms with Crippen molar-refractivity contribution in [3.8, 4) is 5.75 Å². The van der Waals surface area contributed by atoms with Gasteiger partial charge in [-0.05, 0) is 12.5 Å². The molecule has 0 saturated carbocycles. The van der Waals surface area contributed by atoms with E-state index in [1.807, 2.05) is 12.3 Å². The summed E-state index contributed by atoms with van der Waals surface area (Å²) in [5, 5.41) is 0. The monoisotopic (exact) mass is 149 g/mol. The summed E-state index contributed by atoms with van der Waals surface area (Å²) in [6.07, 6.45) is 6.13. The van der Waals surface area contributed by atoms with Gasteiger partial charge in [-0.2, -0.15) is 0 Å². The quantitative estimate of drug-likeness (QED) is 0.607. The molecule has 1 unspecified atom stereocenters. The molecule has 0 aliphatic carbocycles. The van der Waals surface area contributed by atoms with E-state index in [2.05, 4.69) is 11.9 Å². The first-order valence-corrected chi connectivity index (χ1v) is 3.99. The van der Waals surface area contributed by atoms with Crippen molar-refractivity contribution in [2.45, 2.75) is 25.9 Å². The first-order chi connectivity index (χ1) is 5.40. The Kier molecular flexibility index (Phi) is 1.53. The summed E-state index contributed by atoms with van der Waals surface area (Å²) in [6.45, 7) is 2.14. The molecule has 2 heterocycles. The molecule has 1 aromatic rings. The highest BCUT2D eigenvalue weighted by molar-refractivity contribution is 5.34. The lowest BCUT2D eigenvalue weighted by atomic mass is 10.1. The maximum atomic E-state index is 5.59. The van der Waals surface area contributed by atoms with E-state index in [4.69, 9.17) is 4.74 Å². The summed E-state index contributed by atoms with van der Waals surface area (Å²) in [7, 11) is 0. The predicted molar refractivity (Wildman–Crippen MR) is 42.6 cm³/mol. The smallest absolute Gasteiger partial charge is 0.141 e. The van der Waals surface area contributed by atoms with Crippen LogP contribution in [0.15, 0.2) is 18.5 Å². The second-order valence-corrected chi connectivity index (χ2v) is 2.84. The zero-order valence-electron chi connectivity index (χ0n) is 6.58. The molecule has 0 fully saturated rings. The zero-order chi connectivity index (χ0) is 7.68. The van der Waals surface area contributed by atoms with E-state index in [0.29, 0.717) is 6.10 Å². The Bertz CT molecular complexity index is 234. The van der Waals surface area contributed by atoms with Crippen molar-refractivity contribution in [3.05, 3.63) is 24.0 Å². The van der Waals surface area contributed by atoms with Gasteiger partial charge in [-0.3, -0.25) is 4.98 Å². The van der Waals surface area contributed by atoms with Crippen molar-refractivity contribution in [3.63, 3.8) is 0 Å². The van der Waals surface area contributed by atoms with Gasteiger partial charge in [-0.1, -0.05) is 6.92 Å². The van der Waals surface area contributed by atoms with Crippen LogP contribution in [-0.2, 0) is 6.42 Å². The van der Waals surface area contributed by atoms with Crippen molar-refractivity contribution in [2.75, 3.05) is 0 Å². The van der Waals surface area contributed by atoms with Gasteiger partial charge >= 0.3 is 0 Å². The van der Waals surface area contributed by atoms with E-state index in [1.54, 1.807) is 6.20 Å². The lowest BCUT2D eigenvalue weighted by Gasteiger charge is -2.04. The Morgan fingerprint density at radius 1 is 1.73 bits per heavy atom. The van der Waals surface area contributed by atoms with E-state index in [0.717, 1.165) is 18.6 Å². The lowest BCUT2D eigenvalue weighted by molar-refractivity contribution is 0.227. The van der Waals surface area contributed by atoms with Crippen LogP contribution >= 0.6 is 0 Å². The second kappa shape index (κ2) is 2.53. The zero-order valence-corrected chi connectivity index (χ0v) is 6.58. The van der Waals surface area contributed by atoms with Gasteiger partial charge in [-0.25, -0.2) is 0 Å². The van der Waals surface area contributed by atoms with Crippen LogP contribution in [-0.4, -0.2) is 11.1 Å². The van der Waals surface area contributed by atoms with E-state index in [-0.39, 0.29) is 0 Å². The summed E-state index contributed by atoms with van der Waals surface area (Å²) in [5.41, 5.74) is 1.30. The van der Waals surface area contributed by atoms with E-state index < -0.39 is 0 Å². The van der Waals surface area contributed by atoms with E-state index in [9.17, 15) is 0 Å². The van der Waals surface area contributed by atoms with Crippen molar-refractivity contribution in [1.82, 2.24) is 4.98 Å². The molecule has 11 heavy (non-hydrogen) atoms. The third-order valence-electron chi connectivity index (χ3n) is 2.07. The third-order valence-corrected chi connectivity index (χ3v) is 2.07. The Morgan fingerprint density at radius 3 is 3.36 bits per heavy atom. The van der Waals surface area contributed by atoms with Crippen molar-refractivity contribution >= 4 is 0 Å². The van der Waals surface area contributed by atoms with E-state index >= 15 is 0 Å². The highest BCUT2D eigenvalue weighted by Crippen LogP contribution is 2.27. The summed E-state index contributed by atoms with van der Waals surface area (Å²) in [6, 6.07) is 2.03. The Balaban J connectivity index is 2.27. The number of aromatic nitrogens is 1. The van der Waals surface area contributed by atoms with Gasteiger partial charge in [0.15, 0.2) is 0 Å². The van der Waals surface area contributed by atoms with Gasteiger partial charge in [0, 0.05) is 18.2 Å². The van der Waals surface area contributed by atoms with Crippen molar-refractivity contribution in [1.29, 1.82) is 0 Å². The van der Waals surface area contributed by atoms with Crippen LogP contribution in [0.5, 0.6) is 5.75 Å². The Morgan fingerprint density at radius 2 is 2.64 bits per heavy atom. The number of rotatable bonds is 1. The molecule has 0 saturated heterocycles. The number of fused-ring (bicyclic) bond motifs is 1. The van der Waals surface area contributed by atoms with E-state index in [1.165, 1.54) is 5.56 Å². The topological polar surface area (TPSA) is 22.1 Å². The highest BCUT2D eigenvalue weighted by Gasteiger charge is 2.20. The summed E-state index contributed by atoms with van der Waals surface area (Å²) in [4.78, 5) is 4.00. The SMILES string of the molecule is CCC1Cc2ccncc2O1. The van der Waals surface area contributed by atoms with Crippen LogP contribution in [0.25, 0.3) is 0 Å². The van der Waals surface area contributed by atoms with Crippen LogP contribution in [0.1, 0.15) is 18.9 Å². The van der Waals surface area contributed by atoms with Gasteiger partial charge in [-0.15, -0.1) is 0 Å². The fraction of sp³-hybridized carbons (Fsp3) is 0.444. The second-order valence-electron chi connectivity index (χ2n) is 2.84. The number of hydrogen-bond donors (Lipinski definition) is 0. The molecular weight excluding hydrogens is 138 g/mol. The fourth-order valence-corrected chi connectivity index (χ4v) is 1.38. The average molecular weight is 149 g/mol. The van der Waals surface area contributed by atoms with Crippen LogP contribution in [0.2, 0.25) is 0 Å². The molecule has 0 aromatic carbocycles. The molecule has 1 aromatic heterocycles. The van der Waals surface area contributed by atoms with Crippen LogP contribution in [0.4, 0.5) is 0 Å². The predicted octanol–water partition coefficient (Wildman–Crippen LogP) is 1.80. The summed E-state index contributed by atoms with van der Waals surface area (Å²) in [5.74, 6) is 0.972. The van der Waals surface area contributed by atoms with Gasteiger partial charge < -0.3 is 4.74 Å². The number of pyridine rings is 1. The minimum Gasteiger partial charge on any atom is -0.488 e. The molecule has 0 N–H and O–H groups in total. The van der Waals surface area contributed by atoms with Crippen LogP contribution in [0, 0.1) is 0 Å². The minimum atomic E-state index is 0.384. The Labute approximate surface area is 66.2 Å². The van der Waals surface area contributed by atoms with Gasteiger partial charge in [0.25, 0.3) is 0 Å². The molecule has 2 nitrogen and oxygen atoms in total. The Hall–Kier alpha value is -1.05. The maximum Gasteiger partial charge on any atom is 0.141 e. The largest absolute Gasteiger partial charge is 0.488 e. The first-order valence-electron chi connectivity index (χ1n) is 3.99. The normalized spacial score (nSPS) is 21.0. The molecule has 2 heteroatoms. The molecule has 1 atom stereocenters. The summed E-state index contributed by atoms with van der Waals surface area (Å²) < 4.78 is 5.59. The molecular formula is C9H11NO. The van der Waals surface area contributed by atoms with Crippen LogP contribution in [0.3, 0.4) is 0 Å². The minimum absolute atomic E-state index is 0.384. The highest BCUT2D eigenvalue weighted by atomic mass is 16.5. The summed E-state index contributed by atoms with van der Waals surface area (Å²) >= 11 is 0. The van der Waals surface area contributed by atoms with Gasteiger partial charge in [0.2, 0.25) is 0 Å². The van der Waals surface area contributed by atoms with Crippen molar-refractivity contribution in [2.24, 2.45) is 0 Å². The number of ether oxygens (including phenoxy) is 1. The molecule has 0 bridgehead atoms. The molecule has 1 aliphatic heterocycles. The van der Waals surface area contributed by atoms with Crippen molar-refractivity contribution < 1.29 is 4.74 Å². The number of hydrogen-bond acceptors (Lipinski definition) is 2. The standard InChI is InChI=1S/C9H11NO/c1-2-8-5-7-3-4-10-6-9(7)11-8/h3-4,6,8H,2,5H2,1H3. The molecule has 0 spiro atoms.